The first-order chi connectivity index (χ1) is 19.2. The number of anilines is 1. The van der Waals surface area contributed by atoms with E-state index in [-0.39, 0.29) is 6.54 Å². The lowest BCUT2D eigenvalue weighted by Gasteiger charge is -2.29. The second-order valence-electron chi connectivity index (χ2n) is 10.9. The molecule has 1 saturated heterocycles. The molecule has 0 unspecified atom stereocenters. The van der Waals surface area contributed by atoms with Gasteiger partial charge in [0, 0.05) is 38.4 Å². The Kier molecular flexibility index (Phi) is 8.04. The second-order valence-corrected chi connectivity index (χ2v) is 10.9. The maximum atomic E-state index is 12.5. The lowest BCUT2D eigenvalue weighted by atomic mass is 10.1. The van der Waals surface area contributed by atoms with Gasteiger partial charge in [-0.05, 0) is 39.8 Å². The third kappa shape index (κ3) is 6.26. The quantitative estimate of drug-likeness (QED) is 0.351. The maximum Gasteiger partial charge on any atom is 0.407 e. The number of benzene rings is 1. The molecule has 4 aromatic rings. The number of ether oxygens (including phenoxy) is 3. The summed E-state index contributed by atoms with van der Waals surface area (Å²) in [4.78, 5) is 24.5. The molecule has 1 fully saturated rings. The van der Waals surface area contributed by atoms with Crippen molar-refractivity contribution in [2.24, 2.45) is 0 Å². The molecule has 1 aliphatic heterocycles. The van der Waals surface area contributed by atoms with Crippen LogP contribution in [0.15, 0.2) is 42.7 Å². The summed E-state index contributed by atoms with van der Waals surface area (Å²) in [5, 5.41) is 7.86. The van der Waals surface area contributed by atoms with E-state index in [4.69, 9.17) is 29.3 Å². The Morgan fingerprint density at radius 1 is 1.15 bits per heavy atom. The van der Waals surface area contributed by atoms with Crippen LogP contribution in [-0.2, 0) is 27.3 Å². The number of rotatable bonds is 8. The fourth-order valence-electron chi connectivity index (χ4n) is 4.68. The van der Waals surface area contributed by atoms with E-state index in [0.717, 1.165) is 52.5 Å². The van der Waals surface area contributed by atoms with E-state index >= 15 is 0 Å². The van der Waals surface area contributed by atoms with Gasteiger partial charge in [-0.2, -0.15) is 5.10 Å². The average Bonchev–Trinajstić information content (AvgIpc) is 3.54. The molecule has 11 heteroatoms. The highest BCUT2D eigenvalue weighted by molar-refractivity contribution is 5.87. The molecule has 11 nitrogen and oxygen atoms in total. The summed E-state index contributed by atoms with van der Waals surface area (Å²) < 4.78 is 20.2. The minimum Gasteiger partial charge on any atom is -0.444 e. The van der Waals surface area contributed by atoms with E-state index in [1.54, 1.807) is 18.1 Å². The summed E-state index contributed by atoms with van der Waals surface area (Å²) in [6.45, 7) is 11.7. The summed E-state index contributed by atoms with van der Waals surface area (Å²) in [5.41, 5.74) is 5.61. The molecular formula is C29H37N7O4. The lowest BCUT2D eigenvalue weighted by molar-refractivity contribution is 0.0522. The van der Waals surface area contributed by atoms with E-state index in [2.05, 4.69) is 29.3 Å². The molecule has 0 aliphatic carbocycles. The first-order valence-corrected chi connectivity index (χ1v) is 13.5. The summed E-state index contributed by atoms with van der Waals surface area (Å²) in [6, 6.07) is 12.2. The van der Waals surface area contributed by atoms with Crippen molar-refractivity contribution in [3.8, 4) is 17.1 Å². The first-order valence-electron chi connectivity index (χ1n) is 13.5. The lowest BCUT2D eigenvalue weighted by Crippen LogP contribution is -2.36. The van der Waals surface area contributed by atoms with Gasteiger partial charge in [0.15, 0.2) is 11.5 Å². The van der Waals surface area contributed by atoms with Crippen LogP contribution in [0.4, 0.5) is 10.5 Å². The number of carbonyl (C=O) groups is 1. The van der Waals surface area contributed by atoms with Gasteiger partial charge >= 0.3 is 6.09 Å². The van der Waals surface area contributed by atoms with Crippen LogP contribution < -0.4 is 10.2 Å². The van der Waals surface area contributed by atoms with Crippen LogP contribution in [-0.4, -0.2) is 76.0 Å². The number of hydrogen-bond acceptors (Lipinski definition) is 8. The predicted octanol–water partition coefficient (Wildman–Crippen LogP) is 4.10. The summed E-state index contributed by atoms with van der Waals surface area (Å²) in [5.74, 6) is 0.632. The number of imidazole rings is 1. The molecule has 3 aromatic heterocycles. The van der Waals surface area contributed by atoms with Crippen molar-refractivity contribution in [2.75, 3.05) is 44.9 Å². The van der Waals surface area contributed by atoms with E-state index < -0.39 is 11.7 Å². The van der Waals surface area contributed by atoms with Gasteiger partial charge in [-0.25, -0.2) is 19.4 Å². The molecule has 0 bridgehead atoms. The molecule has 0 saturated carbocycles. The molecule has 212 valence electrons. The number of alkyl carbamates (subject to hydrolysis) is 1. The Hall–Kier alpha value is -3.96. The van der Waals surface area contributed by atoms with E-state index in [9.17, 15) is 4.79 Å². The number of nitrogens with one attached hydrogen (secondary N) is 1. The van der Waals surface area contributed by atoms with Gasteiger partial charge in [0.05, 0.1) is 49.8 Å². The first kappa shape index (κ1) is 27.6. The zero-order valence-electron chi connectivity index (χ0n) is 23.8. The zero-order chi connectivity index (χ0) is 28.3. The molecule has 1 aliphatic rings. The Morgan fingerprint density at radius 2 is 1.95 bits per heavy atom. The molecule has 1 aromatic carbocycles. The number of pyridine rings is 1. The minimum atomic E-state index is -0.600. The highest BCUT2D eigenvalue weighted by atomic mass is 16.6. The van der Waals surface area contributed by atoms with Gasteiger partial charge in [-0.15, -0.1) is 0 Å². The predicted molar refractivity (Wildman–Crippen MR) is 153 cm³/mol. The van der Waals surface area contributed by atoms with Gasteiger partial charge < -0.3 is 29.0 Å². The van der Waals surface area contributed by atoms with E-state index in [0.29, 0.717) is 32.2 Å². The highest BCUT2D eigenvalue weighted by Crippen LogP contribution is 2.30. The van der Waals surface area contributed by atoms with Crippen LogP contribution in [0.5, 0.6) is 0 Å². The molecule has 1 N–H and O–H groups in total. The van der Waals surface area contributed by atoms with Crippen LogP contribution in [0, 0.1) is 6.92 Å². The molecule has 1 amide bonds. The molecule has 40 heavy (non-hydrogen) atoms. The highest BCUT2D eigenvalue weighted by Gasteiger charge is 2.22. The minimum absolute atomic E-state index is 0.212. The van der Waals surface area contributed by atoms with Gasteiger partial charge in [0.2, 0.25) is 0 Å². The van der Waals surface area contributed by atoms with Crippen molar-refractivity contribution in [3.63, 3.8) is 0 Å². The van der Waals surface area contributed by atoms with Crippen LogP contribution >= 0.6 is 0 Å². The number of fused-ring (bicyclic) bond motifs is 1. The molecular weight excluding hydrogens is 510 g/mol. The van der Waals surface area contributed by atoms with Crippen molar-refractivity contribution in [2.45, 2.75) is 46.4 Å². The number of aromatic nitrogens is 5. The number of hydrogen-bond donors (Lipinski definition) is 1. The summed E-state index contributed by atoms with van der Waals surface area (Å²) in [7, 11) is 1.68. The SMILES string of the molecule is COCCn1cnc2c(N3CCOCC3)cc(-n3nc(-c4cccc(C)c4)cc3CNC(=O)OC(C)(C)C)nc21. The average molecular weight is 548 g/mol. The van der Waals surface area contributed by atoms with Crippen LogP contribution in [0.1, 0.15) is 32.0 Å². The number of carbonyl (C=O) groups excluding carboxylic acids is 1. The Bertz CT molecular complexity index is 1480. The number of nitrogens with zero attached hydrogens (tertiary/aromatic N) is 6. The van der Waals surface area contributed by atoms with Gasteiger partial charge in [-0.3, -0.25) is 0 Å². The van der Waals surface area contributed by atoms with Crippen LogP contribution in [0.3, 0.4) is 0 Å². The van der Waals surface area contributed by atoms with Gasteiger partial charge in [-0.1, -0.05) is 23.8 Å². The zero-order valence-corrected chi connectivity index (χ0v) is 23.8. The van der Waals surface area contributed by atoms with Crippen molar-refractivity contribution >= 4 is 22.9 Å². The van der Waals surface area contributed by atoms with Crippen molar-refractivity contribution in [3.05, 3.63) is 54.0 Å². The van der Waals surface area contributed by atoms with Crippen LogP contribution in [0.2, 0.25) is 0 Å². The topological polar surface area (TPSA) is 109 Å². The van der Waals surface area contributed by atoms with Crippen molar-refractivity contribution in [1.82, 2.24) is 29.6 Å². The number of methoxy groups -OCH3 is 1. The Labute approximate surface area is 234 Å². The maximum absolute atomic E-state index is 12.5. The molecule has 5 rings (SSSR count). The number of aryl methyl sites for hydroxylation is 1. The molecule has 0 atom stereocenters. The second kappa shape index (κ2) is 11.6. The third-order valence-corrected chi connectivity index (χ3v) is 6.55. The van der Waals surface area contributed by atoms with Crippen molar-refractivity contribution in [1.29, 1.82) is 0 Å². The van der Waals surface area contributed by atoms with E-state index in [1.165, 1.54) is 0 Å². The third-order valence-electron chi connectivity index (χ3n) is 6.55. The Balaban J connectivity index is 1.61. The fourth-order valence-corrected chi connectivity index (χ4v) is 4.68. The molecule has 4 heterocycles. The van der Waals surface area contributed by atoms with Crippen molar-refractivity contribution < 1.29 is 19.0 Å². The number of morpholine rings is 1. The van der Waals surface area contributed by atoms with Gasteiger partial charge in [0.25, 0.3) is 0 Å². The standard InChI is InChI=1S/C29H37N7O4/c1-20-7-6-8-21(15-20)23-16-22(18-30-28(37)40-29(2,3)4)36(33-23)25-17-24(34-10-13-39-14-11-34)26-27(32-25)35(19-31-26)9-12-38-5/h6-8,15-17,19H,9-14,18H2,1-5H3,(H,30,37). The van der Waals surface area contributed by atoms with E-state index in [1.807, 2.05) is 49.6 Å². The molecule has 0 spiro atoms. The fraction of sp³-hybridized carbons (Fsp3) is 0.448. The smallest absolute Gasteiger partial charge is 0.407 e. The normalized spacial score (nSPS) is 14.1. The Morgan fingerprint density at radius 3 is 2.67 bits per heavy atom. The van der Waals surface area contributed by atoms with Gasteiger partial charge in [0.1, 0.15) is 11.1 Å². The monoisotopic (exact) mass is 547 g/mol. The summed E-state index contributed by atoms with van der Waals surface area (Å²) >= 11 is 0. The molecule has 0 radical (unpaired) electrons. The largest absolute Gasteiger partial charge is 0.444 e. The summed E-state index contributed by atoms with van der Waals surface area (Å²) in [6.07, 6.45) is 1.31. The number of amides is 1. The van der Waals surface area contributed by atoms with Crippen LogP contribution in [0.25, 0.3) is 28.2 Å².